The van der Waals surface area contributed by atoms with Crippen molar-refractivity contribution < 1.29 is 19.4 Å². The number of ether oxygens (including phenoxy) is 1. The normalized spacial score (nSPS) is 10.8. The van der Waals surface area contributed by atoms with Crippen LogP contribution in [0.3, 0.4) is 0 Å². The molecule has 0 amide bonds. The topological polar surface area (TPSA) is 68.5 Å². The monoisotopic (exact) mass is 275 g/mol. The van der Waals surface area contributed by atoms with Crippen molar-refractivity contribution in [2.45, 2.75) is 26.8 Å². The highest BCUT2D eigenvalue weighted by Crippen LogP contribution is 2.26. The van der Waals surface area contributed by atoms with Gasteiger partial charge in [0, 0.05) is 11.1 Å². The molecule has 1 N–H and O–H groups in total. The Morgan fingerprint density at radius 1 is 1.30 bits per heavy atom. The van der Waals surface area contributed by atoms with Crippen LogP contribution in [-0.2, 0) is 22.5 Å². The van der Waals surface area contributed by atoms with Gasteiger partial charge < -0.3 is 14.4 Å². The highest BCUT2D eigenvalue weighted by molar-refractivity contribution is 5.96. The summed E-state index contributed by atoms with van der Waals surface area (Å²) in [5.74, 6) is -1.27. The summed E-state index contributed by atoms with van der Waals surface area (Å²) in [6.07, 6.45) is 0.697. The molecule has 0 radical (unpaired) electrons. The fraction of sp³-hybridized carbons (Fsp3) is 0.333. The summed E-state index contributed by atoms with van der Waals surface area (Å²) >= 11 is 0. The van der Waals surface area contributed by atoms with E-state index in [2.05, 4.69) is 0 Å². The van der Waals surface area contributed by atoms with E-state index in [1.54, 1.807) is 12.1 Å². The van der Waals surface area contributed by atoms with E-state index in [1.807, 2.05) is 24.5 Å². The Bertz CT molecular complexity index is 685. The minimum atomic E-state index is -0.944. The second-order valence-electron chi connectivity index (χ2n) is 4.68. The predicted molar refractivity (Wildman–Crippen MR) is 75.0 cm³/mol. The first-order chi connectivity index (χ1) is 9.47. The maximum atomic E-state index is 11.5. The lowest BCUT2D eigenvalue weighted by atomic mass is 10.0. The molecule has 0 spiro atoms. The number of aromatic nitrogens is 1. The largest absolute Gasteiger partial charge is 0.478 e. The van der Waals surface area contributed by atoms with Crippen molar-refractivity contribution >= 4 is 22.8 Å². The van der Waals surface area contributed by atoms with E-state index >= 15 is 0 Å². The Balaban J connectivity index is 2.68. The lowest BCUT2D eigenvalue weighted by Crippen LogP contribution is -2.13. The van der Waals surface area contributed by atoms with Crippen molar-refractivity contribution in [2.24, 2.45) is 0 Å². The molecule has 0 unspecified atom stereocenters. The number of carboxylic acids is 1. The zero-order chi connectivity index (χ0) is 14.9. The fourth-order valence-electron chi connectivity index (χ4n) is 2.43. The molecule has 2 aromatic rings. The van der Waals surface area contributed by atoms with Gasteiger partial charge in [-0.3, -0.25) is 4.79 Å². The molecule has 0 saturated heterocycles. The molecule has 0 saturated carbocycles. The van der Waals surface area contributed by atoms with Gasteiger partial charge in [-0.25, -0.2) is 4.79 Å². The van der Waals surface area contributed by atoms with Gasteiger partial charge in [0.15, 0.2) is 0 Å². The number of methoxy groups -OCH3 is 1. The molecule has 106 valence electrons. The number of nitrogens with zero attached hydrogens (tertiary/aromatic N) is 1. The summed E-state index contributed by atoms with van der Waals surface area (Å²) in [6.45, 7) is 3.99. The van der Waals surface area contributed by atoms with Gasteiger partial charge in [-0.15, -0.1) is 0 Å². The number of esters is 1. The van der Waals surface area contributed by atoms with Gasteiger partial charge in [0.05, 0.1) is 18.2 Å². The Labute approximate surface area is 116 Å². The van der Waals surface area contributed by atoms with Crippen molar-refractivity contribution in [1.29, 1.82) is 0 Å². The van der Waals surface area contributed by atoms with Gasteiger partial charge in [0.1, 0.15) is 6.54 Å². The molecule has 1 heterocycles. The molecule has 5 nitrogen and oxygen atoms in total. The second-order valence-corrected chi connectivity index (χ2v) is 4.68. The molecule has 0 fully saturated rings. The summed E-state index contributed by atoms with van der Waals surface area (Å²) in [6, 6.07) is 5.19. The van der Waals surface area contributed by atoms with Crippen molar-refractivity contribution in [2.75, 3.05) is 7.11 Å². The quantitative estimate of drug-likeness (QED) is 0.870. The van der Waals surface area contributed by atoms with E-state index in [4.69, 9.17) is 9.84 Å². The molecule has 0 aliphatic carbocycles. The molecule has 0 atom stereocenters. The standard InChI is InChI=1S/C15H17NO4/c1-4-10-6-12(15(18)19)7-11-5-9(2)16(14(10)11)8-13(17)20-3/h5-7H,4,8H2,1-3H3,(H,18,19). The fourth-order valence-corrected chi connectivity index (χ4v) is 2.43. The summed E-state index contributed by atoms with van der Waals surface area (Å²) < 4.78 is 6.58. The van der Waals surface area contributed by atoms with Gasteiger partial charge in [-0.05, 0) is 37.1 Å². The number of rotatable bonds is 4. The summed E-state index contributed by atoms with van der Waals surface area (Å²) in [5.41, 5.74) is 2.99. The van der Waals surface area contributed by atoms with Crippen LogP contribution in [0.15, 0.2) is 18.2 Å². The van der Waals surface area contributed by atoms with Crippen molar-refractivity contribution in [3.05, 3.63) is 35.0 Å². The van der Waals surface area contributed by atoms with Gasteiger partial charge in [0.25, 0.3) is 0 Å². The van der Waals surface area contributed by atoms with Crippen molar-refractivity contribution in [3.63, 3.8) is 0 Å². The molecule has 2 rings (SSSR count). The van der Waals surface area contributed by atoms with Crippen LogP contribution in [0.4, 0.5) is 0 Å². The Morgan fingerprint density at radius 2 is 2.00 bits per heavy atom. The van der Waals surface area contributed by atoms with Gasteiger partial charge in [-0.2, -0.15) is 0 Å². The van der Waals surface area contributed by atoms with Gasteiger partial charge in [-0.1, -0.05) is 6.92 Å². The smallest absolute Gasteiger partial charge is 0.335 e. The predicted octanol–water partition coefficient (Wildman–Crippen LogP) is 2.38. The third-order valence-electron chi connectivity index (χ3n) is 3.42. The van der Waals surface area contributed by atoms with Crippen LogP contribution in [0.1, 0.15) is 28.5 Å². The van der Waals surface area contributed by atoms with Crippen LogP contribution >= 0.6 is 0 Å². The van der Waals surface area contributed by atoms with Crippen LogP contribution in [0, 0.1) is 6.92 Å². The first kappa shape index (κ1) is 14.1. The van der Waals surface area contributed by atoms with Gasteiger partial charge in [0.2, 0.25) is 0 Å². The average Bonchev–Trinajstić information content (AvgIpc) is 2.73. The molecular formula is C15H17NO4. The van der Waals surface area contributed by atoms with Crippen LogP contribution in [0.25, 0.3) is 10.9 Å². The van der Waals surface area contributed by atoms with E-state index in [0.29, 0.717) is 6.42 Å². The zero-order valence-corrected chi connectivity index (χ0v) is 11.8. The highest BCUT2D eigenvalue weighted by Gasteiger charge is 2.15. The van der Waals surface area contributed by atoms with Crippen LogP contribution < -0.4 is 0 Å². The first-order valence-corrected chi connectivity index (χ1v) is 6.40. The number of aromatic carboxylic acids is 1. The second kappa shape index (κ2) is 5.36. The van der Waals surface area contributed by atoms with E-state index in [9.17, 15) is 9.59 Å². The molecule has 5 heteroatoms. The molecule has 0 bridgehead atoms. The maximum Gasteiger partial charge on any atom is 0.335 e. The van der Waals surface area contributed by atoms with E-state index in [-0.39, 0.29) is 18.1 Å². The molecule has 20 heavy (non-hydrogen) atoms. The Kier molecular flexibility index (Phi) is 3.79. The number of carbonyl (C=O) groups excluding carboxylic acids is 1. The third kappa shape index (κ3) is 2.39. The van der Waals surface area contributed by atoms with E-state index < -0.39 is 5.97 Å². The number of hydrogen-bond donors (Lipinski definition) is 1. The SMILES string of the molecule is CCc1cc(C(=O)O)cc2cc(C)n(CC(=O)OC)c12. The molecule has 1 aromatic carbocycles. The Hall–Kier alpha value is -2.30. The van der Waals surface area contributed by atoms with Crippen LogP contribution in [0.5, 0.6) is 0 Å². The van der Waals surface area contributed by atoms with Crippen molar-refractivity contribution in [3.8, 4) is 0 Å². The van der Waals surface area contributed by atoms with Gasteiger partial charge >= 0.3 is 11.9 Å². The number of aryl methyl sites for hydroxylation is 2. The lowest BCUT2D eigenvalue weighted by Gasteiger charge is -2.10. The van der Waals surface area contributed by atoms with E-state index in [1.165, 1.54) is 7.11 Å². The molecule has 1 aromatic heterocycles. The van der Waals surface area contributed by atoms with Crippen LogP contribution in [0.2, 0.25) is 0 Å². The highest BCUT2D eigenvalue weighted by atomic mass is 16.5. The third-order valence-corrected chi connectivity index (χ3v) is 3.42. The number of carbonyl (C=O) groups is 2. The number of benzene rings is 1. The number of fused-ring (bicyclic) bond motifs is 1. The average molecular weight is 275 g/mol. The minimum Gasteiger partial charge on any atom is -0.478 e. The maximum absolute atomic E-state index is 11.5. The molecule has 0 aliphatic rings. The van der Waals surface area contributed by atoms with E-state index in [0.717, 1.165) is 22.2 Å². The van der Waals surface area contributed by atoms with Crippen LogP contribution in [-0.4, -0.2) is 28.7 Å². The molecular weight excluding hydrogens is 258 g/mol. The zero-order valence-electron chi connectivity index (χ0n) is 11.8. The summed E-state index contributed by atoms with van der Waals surface area (Å²) in [4.78, 5) is 22.7. The summed E-state index contributed by atoms with van der Waals surface area (Å²) in [5, 5.41) is 9.98. The number of hydrogen-bond acceptors (Lipinski definition) is 3. The number of carboxylic acid groups (broad SMARTS) is 1. The lowest BCUT2D eigenvalue weighted by molar-refractivity contribution is -0.141. The Morgan fingerprint density at radius 3 is 2.55 bits per heavy atom. The first-order valence-electron chi connectivity index (χ1n) is 6.40. The summed E-state index contributed by atoms with van der Waals surface area (Å²) in [7, 11) is 1.35. The van der Waals surface area contributed by atoms with Crippen molar-refractivity contribution in [1.82, 2.24) is 4.57 Å². The molecule has 0 aliphatic heterocycles. The minimum absolute atomic E-state index is 0.130.